The molecule has 1 N–H and O–H groups in total. The molecule has 2 rings (SSSR count). The molecule has 0 radical (unpaired) electrons. The van der Waals surface area contributed by atoms with Gasteiger partial charge in [0, 0.05) is 7.11 Å². The van der Waals surface area contributed by atoms with E-state index in [1.807, 2.05) is 24.3 Å². The number of ether oxygens (including phenoxy) is 2. The van der Waals surface area contributed by atoms with Crippen LogP contribution < -0.4 is 4.74 Å². The summed E-state index contributed by atoms with van der Waals surface area (Å²) in [4.78, 5) is 0. The molecule has 0 bridgehead atoms. The summed E-state index contributed by atoms with van der Waals surface area (Å²) in [6.45, 7) is 2.81. The lowest BCUT2D eigenvalue weighted by Gasteiger charge is -2.44. The highest BCUT2D eigenvalue weighted by atomic mass is 16.5. The van der Waals surface area contributed by atoms with Crippen LogP contribution in [0, 0.1) is 0 Å². The van der Waals surface area contributed by atoms with Gasteiger partial charge in [-0.2, -0.15) is 0 Å². The minimum absolute atomic E-state index is 0.369. The first kappa shape index (κ1) is 13.4. The van der Waals surface area contributed by atoms with Gasteiger partial charge in [0.05, 0.1) is 12.2 Å². The average Bonchev–Trinajstić information content (AvgIpc) is 2.36. The second-order valence-electron chi connectivity index (χ2n) is 4.94. The van der Waals surface area contributed by atoms with E-state index >= 15 is 0 Å². The van der Waals surface area contributed by atoms with Crippen molar-refractivity contribution in [1.82, 2.24) is 0 Å². The summed E-state index contributed by atoms with van der Waals surface area (Å²) in [5, 5.41) is 10.4. The third kappa shape index (κ3) is 2.52. The Balaban J connectivity index is 2.04. The van der Waals surface area contributed by atoms with Crippen molar-refractivity contribution in [3.63, 3.8) is 0 Å². The summed E-state index contributed by atoms with van der Waals surface area (Å²) in [6, 6.07) is 7.68. The molecule has 0 aliphatic heterocycles. The van der Waals surface area contributed by atoms with E-state index in [0.29, 0.717) is 0 Å². The van der Waals surface area contributed by atoms with E-state index in [9.17, 15) is 5.11 Å². The fraction of sp³-hybridized carbons (Fsp3) is 0.600. The topological polar surface area (TPSA) is 38.7 Å². The molecule has 0 heterocycles. The minimum Gasteiger partial charge on any atom is -0.494 e. The summed E-state index contributed by atoms with van der Waals surface area (Å²) in [6.07, 6.45) is 3.44. The second-order valence-corrected chi connectivity index (χ2v) is 4.94. The Morgan fingerprint density at radius 2 is 1.94 bits per heavy atom. The van der Waals surface area contributed by atoms with Crippen molar-refractivity contribution in [2.45, 2.75) is 44.3 Å². The van der Waals surface area contributed by atoms with Crippen LogP contribution in [-0.2, 0) is 4.74 Å². The molecule has 0 saturated heterocycles. The first-order valence-corrected chi connectivity index (χ1v) is 6.68. The molecule has 1 aromatic rings. The van der Waals surface area contributed by atoms with Gasteiger partial charge in [0.15, 0.2) is 0 Å². The van der Waals surface area contributed by atoms with Crippen LogP contribution >= 0.6 is 0 Å². The van der Waals surface area contributed by atoms with Gasteiger partial charge in [-0.05, 0) is 43.4 Å². The molecule has 3 nitrogen and oxygen atoms in total. The Labute approximate surface area is 109 Å². The Morgan fingerprint density at radius 1 is 1.28 bits per heavy atom. The Kier molecular flexibility index (Phi) is 4.25. The lowest BCUT2D eigenvalue weighted by Crippen LogP contribution is -2.45. The predicted octanol–water partition coefficient (Wildman–Crippen LogP) is 3.08. The second kappa shape index (κ2) is 5.72. The minimum atomic E-state index is -0.545. The molecule has 0 aromatic heterocycles. The van der Waals surface area contributed by atoms with Gasteiger partial charge in [-0.25, -0.2) is 0 Å². The van der Waals surface area contributed by atoms with Gasteiger partial charge in [-0.15, -0.1) is 0 Å². The molecule has 1 aliphatic rings. The highest BCUT2D eigenvalue weighted by Gasteiger charge is 2.44. The molecule has 0 spiro atoms. The van der Waals surface area contributed by atoms with Crippen LogP contribution in [0.3, 0.4) is 0 Å². The van der Waals surface area contributed by atoms with Crippen LogP contribution in [0.1, 0.15) is 44.3 Å². The van der Waals surface area contributed by atoms with Gasteiger partial charge in [0.2, 0.25) is 0 Å². The summed E-state index contributed by atoms with van der Waals surface area (Å²) < 4.78 is 11.0. The molecule has 1 saturated carbocycles. The van der Waals surface area contributed by atoms with Crippen molar-refractivity contribution in [2.75, 3.05) is 13.7 Å². The fourth-order valence-electron chi connectivity index (χ4n) is 2.38. The van der Waals surface area contributed by atoms with E-state index in [1.54, 1.807) is 7.11 Å². The largest absolute Gasteiger partial charge is 0.494 e. The van der Waals surface area contributed by atoms with E-state index in [-0.39, 0.29) is 5.60 Å². The maximum atomic E-state index is 10.4. The molecule has 1 aliphatic carbocycles. The van der Waals surface area contributed by atoms with Gasteiger partial charge < -0.3 is 14.6 Å². The summed E-state index contributed by atoms with van der Waals surface area (Å²) in [5.41, 5.74) is 0.534. The van der Waals surface area contributed by atoms with Gasteiger partial charge in [0.1, 0.15) is 11.9 Å². The monoisotopic (exact) mass is 250 g/mol. The van der Waals surface area contributed by atoms with E-state index in [4.69, 9.17) is 9.47 Å². The zero-order valence-electron chi connectivity index (χ0n) is 11.2. The molecular formula is C15H22O3. The van der Waals surface area contributed by atoms with Gasteiger partial charge in [-0.1, -0.05) is 19.1 Å². The highest BCUT2D eigenvalue weighted by Crippen LogP contribution is 2.44. The van der Waals surface area contributed by atoms with E-state index < -0.39 is 6.10 Å². The molecular weight excluding hydrogens is 228 g/mol. The number of aliphatic hydroxyl groups excluding tert-OH is 1. The van der Waals surface area contributed by atoms with Crippen molar-refractivity contribution in [1.29, 1.82) is 0 Å². The number of benzene rings is 1. The fourth-order valence-corrected chi connectivity index (χ4v) is 2.38. The van der Waals surface area contributed by atoms with Crippen LogP contribution in [0.25, 0.3) is 0 Å². The molecule has 100 valence electrons. The van der Waals surface area contributed by atoms with Crippen LogP contribution in [0.2, 0.25) is 0 Å². The number of hydrogen-bond donors (Lipinski definition) is 1. The Morgan fingerprint density at radius 3 is 2.39 bits per heavy atom. The van der Waals surface area contributed by atoms with Crippen molar-refractivity contribution < 1.29 is 14.6 Å². The first-order chi connectivity index (χ1) is 8.72. The van der Waals surface area contributed by atoms with E-state index in [2.05, 4.69) is 6.92 Å². The zero-order valence-corrected chi connectivity index (χ0v) is 11.2. The van der Waals surface area contributed by atoms with E-state index in [1.165, 1.54) is 0 Å². The van der Waals surface area contributed by atoms with Crippen LogP contribution in [0.4, 0.5) is 0 Å². The van der Waals surface area contributed by atoms with E-state index in [0.717, 1.165) is 43.6 Å². The Hall–Kier alpha value is -1.06. The number of methoxy groups -OCH3 is 1. The highest BCUT2D eigenvalue weighted by molar-refractivity contribution is 5.30. The molecule has 1 aromatic carbocycles. The van der Waals surface area contributed by atoms with Crippen molar-refractivity contribution in [2.24, 2.45) is 0 Å². The van der Waals surface area contributed by atoms with Gasteiger partial charge in [0.25, 0.3) is 0 Å². The molecule has 1 fully saturated rings. The summed E-state index contributed by atoms with van der Waals surface area (Å²) in [5.74, 6) is 0.855. The maximum Gasteiger partial charge on any atom is 0.119 e. The van der Waals surface area contributed by atoms with Gasteiger partial charge in [-0.3, -0.25) is 0 Å². The molecule has 0 amide bonds. The van der Waals surface area contributed by atoms with Crippen molar-refractivity contribution in [3.05, 3.63) is 29.8 Å². The van der Waals surface area contributed by atoms with Gasteiger partial charge >= 0.3 is 0 Å². The standard InChI is InChI=1S/C15H22O3/c1-3-11-18-13-7-5-12(6-8-13)14(16)15(17-2)9-4-10-15/h5-8,14,16H,3-4,9-11H2,1-2H3. The third-order valence-electron chi connectivity index (χ3n) is 3.77. The lowest BCUT2D eigenvalue weighted by atomic mass is 9.74. The quantitative estimate of drug-likeness (QED) is 0.843. The van der Waals surface area contributed by atoms with Crippen LogP contribution in [0.5, 0.6) is 5.75 Å². The SMILES string of the molecule is CCCOc1ccc(C(O)C2(OC)CCC2)cc1. The normalized spacial score (nSPS) is 19.1. The van der Waals surface area contributed by atoms with Crippen LogP contribution in [-0.4, -0.2) is 24.4 Å². The molecule has 1 atom stereocenters. The van der Waals surface area contributed by atoms with Crippen LogP contribution in [0.15, 0.2) is 24.3 Å². The lowest BCUT2D eigenvalue weighted by molar-refractivity contribution is -0.151. The van der Waals surface area contributed by atoms with Crippen molar-refractivity contribution in [3.8, 4) is 5.75 Å². The number of rotatable bonds is 6. The maximum absolute atomic E-state index is 10.4. The molecule has 3 heteroatoms. The number of aliphatic hydroxyl groups is 1. The average molecular weight is 250 g/mol. The Bertz CT molecular complexity index is 362. The third-order valence-corrected chi connectivity index (χ3v) is 3.77. The first-order valence-electron chi connectivity index (χ1n) is 6.68. The number of hydrogen-bond acceptors (Lipinski definition) is 3. The smallest absolute Gasteiger partial charge is 0.119 e. The van der Waals surface area contributed by atoms with Crippen molar-refractivity contribution >= 4 is 0 Å². The molecule has 18 heavy (non-hydrogen) atoms. The summed E-state index contributed by atoms with van der Waals surface area (Å²) >= 11 is 0. The zero-order chi connectivity index (χ0) is 13.0. The predicted molar refractivity (Wildman–Crippen MR) is 70.8 cm³/mol. The molecule has 1 unspecified atom stereocenters. The summed E-state index contributed by atoms with van der Waals surface area (Å²) in [7, 11) is 1.68.